The molecule has 1 aliphatic heterocycles. The number of carbonyl (C=O) groups excluding carboxylic acids is 2. The van der Waals surface area contributed by atoms with Gasteiger partial charge in [0.15, 0.2) is 0 Å². The fraction of sp³-hybridized carbons (Fsp3) is 0.429. The molecule has 1 saturated heterocycles. The number of rotatable bonds is 5. The van der Waals surface area contributed by atoms with Gasteiger partial charge in [0.1, 0.15) is 5.69 Å². The molecule has 0 bridgehead atoms. The van der Waals surface area contributed by atoms with Crippen molar-refractivity contribution in [3.05, 3.63) is 59.7 Å². The number of amides is 1. The first-order valence-electron chi connectivity index (χ1n) is 9.33. The normalized spacial score (nSPS) is 19.6. The minimum absolute atomic E-state index is 0.193. The highest BCUT2D eigenvalue weighted by molar-refractivity contribution is 5.92. The van der Waals surface area contributed by atoms with E-state index < -0.39 is 5.41 Å². The van der Waals surface area contributed by atoms with Crippen LogP contribution in [0.5, 0.6) is 0 Å². The van der Waals surface area contributed by atoms with Crippen molar-refractivity contribution in [2.24, 2.45) is 5.41 Å². The number of likely N-dealkylation sites (tertiary alicyclic amines) is 1. The van der Waals surface area contributed by atoms with Gasteiger partial charge in [0.05, 0.1) is 18.2 Å². The number of aryl methyl sites for hydroxylation is 1. The molecule has 6 heteroatoms. The smallest absolute Gasteiger partial charge is 0.314 e. The molecule has 27 heavy (non-hydrogen) atoms. The van der Waals surface area contributed by atoms with Crippen molar-refractivity contribution < 1.29 is 14.3 Å². The first kappa shape index (κ1) is 19.0. The van der Waals surface area contributed by atoms with E-state index in [-0.39, 0.29) is 11.9 Å². The van der Waals surface area contributed by atoms with Crippen LogP contribution in [-0.2, 0) is 16.0 Å². The van der Waals surface area contributed by atoms with Gasteiger partial charge in [-0.05, 0) is 44.2 Å². The van der Waals surface area contributed by atoms with Crippen molar-refractivity contribution >= 4 is 11.9 Å². The maximum Gasteiger partial charge on any atom is 0.314 e. The highest BCUT2D eigenvalue weighted by Crippen LogP contribution is 2.36. The summed E-state index contributed by atoms with van der Waals surface area (Å²) in [5.41, 5.74) is 1.81. The number of aromatic nitrogens is 2. The van der Waals surface area contributed by atoms with Crippen LogP contribution >= 0.6 is 0 Å². The van der Waals surface area contributed by atoms with Gasteiger partial charge in [-0.3, -0.25) is 14.6 Å². The topological polar surface area (TPSA) is 72.4 Å². The molecule has 1 fully saturated rings. The van der Waals surface area contributed by atoms with Crippen LogP contribution in [0.2, 0.25) is 0 Å². The lowest BCUT2D eigenvalue weighted by Crippen LogP contribution is -2.51. The molecule has 1 aliphatic rings. The maximum absolute atomic E-state index is 13.0. The second-order valence-corrected chi connectivity index (χ2v) is 7.02. The summed E-state index contributed by atoms with van der Waals surface area (Å²) in [7, 11) is 0. The van der Waals surface area contributed by atoms with Crippen LogP contribution in [0.15, 0.2) is 42.9 Å². The molecular weight excluding hydrogens is 342 g/mol. The van der Waals surface area contributed by atoms with Crippen LogP contribution in [0, 0.1) is 12.3 Å². The molecule has 0 unspecified atom stereocenters. The Kier molecular flexibility index (Phi) is 5.84. The molecule has 1 amide bonds. The van der Waals surface area contributed by atoms with Gasteiger partial charge in [-0.2, -0.15) is 0 Å². The van der Waals surface area contributed by atoms with E-state index in [1.807, 2.05) is 38.1 Å². The number of carbonyl (C=O) groups is 2. The standard InChI is InChI=1S/C21H25N3O3/c1-3-27-20(26)21(13-17-8-5-4-7-16(17)2)9-6-12-24(15-21)19(25)18-14-22-10-11-23-18/h4-5,7-8,10-11,14H,3,6,9,12-13,15H2,1-2H3/t21-/m1/s1. The molecule has 6 nitrogen and oxygen atoms in total. The summed E-state index contributed by atoms with van der Waals surface area (Å²) in [6, 6.07) is 8.05. The summed E-state index contributed by atoms with van der Waals surface area (Å²) < 4.78 is 5.43. The van der Waals surface area contributed by atoms with E-state index in [0.29, 0.717) is 38.2 Å². The quantitative estimate of drug-likeness (QED) is 0.760. The third-order valence-corrected chi connectivity index (χ3v) is 5.14. The van der Waals surface area contributed by atoms with Crippen LogP contribution in [0.25, 0.3) is 0 Å². The Labute approximate surface area is 159 Å². The Hall–Kier alpha value is -2.76. The Morgan fingerprint density at radius 2 is 2.07 bits per heavy atom. The van der Waals surface area contributed by atoms with E-state index in [1.165, 1.54) is 18.6 Å². The molecule has 1 aromatic carbocycles. The zero-order chi connectivity index (χ0) is 19.3. The third kappa shape index (κ3) is 4.15. The average molecular weight is 367 g/mol. The van der Waals surface area contributed by atoms with E-state index in [9.17, 15) is 9.59 Å². The lowest BCUT2D eigenvalue weighted by molar-refractivity contribution is -0.158. The molecule has 1 atom stereocenters. The van der Waals surface area contributed by atoms with Gasteiger partial charge in [-0.15, -0.1) is 0 Å². The van der Waals surface area contributed by atoms with E-state index in [4.69, 9.17) is 4.74 Å². The summed E-state index contributed by atoms with van der Waals surface area (Å²) in [5, 5.41) is 0. The lowest BCUT2D eigenvalue weighted by Gasteiger charge is -2.41. The largest absolute Gasteiger partial charge is 0.466 e. The number of hydrogen-bond acceptors (Lipinski definition) is 5. The van der Waals surface area contributed by atoms with Gasteiger partial charge in [-0.1, -0.05) is 24.3 Å². The average Bonchev–Trinajstić information content (AvgIpc) is 2.70. The maximum atomic E-state index is 13.0. The summed E-state index contributed by atoms with van der Waals surface area (Å²) in [5.74, 6) is -0.425. The summed E-state index contributed by atoms with van der Waals surface area (Å²) in [6.07, 6.45) is 6.51. The highest BCUT2D eigenvalue weighted by atomic mass is 16.5. The van der Waals surface area contributed by atoms with Gasteiger partial charge in [0, 0.05) is 25.5 Å². The van der Waals surface area contributed by atoms with Gasteiger partial charge in [0.2, 0.25) is 0 Å². The van der Waals surface area contributed by atoms with Crippen molar-refractivity contribution in [1.29, 1.82) is 0 Å². The molecule has 0 saturated carbocycles. The second kappa shape index (κ2) is 8.29. The predicted octanol–water partition coefficient (Wildman–Crippen LogP) is 2.81. The van der Waals surface area contributed by atoms with E-state index in [0.717, 1.165) is 17.5 Å². The minimum Gasteiger partial charge on any atom is -0.466 e. The van der Waals surface area contributed by atoms with Crippen LogP contribution < -0.4 is 0 Å². The SMILES string of the molecule is CCOC(=O)[C@@]1(Cc2ccccc2C)CCCN(C(=O)c2cnccn2)C1. The molecule has 0 aliphatic carbocycles. The van der Waals surface area contributed by atoms with Gasteiger partial charge < -0.3 is 9.64 Å². The number of piperidine rings is 1. The monoisotopic (exact) mass is 367 g/mol. The van der Waals surface area contributed by atoms with E-state index >= 15 is 0 Å². The van der Waals surface area contributed by atoms with Gasteiger partial charge >= 0.3 is 5.97 Å². The van der Waals surface area contributed by atoms with Crippen LogP contribution in [0.3, 0.4) is 0 Å². The zero-order valence-corrected chi connectivity index (χ0v) is 15.9. The van der Waals surface area contributed by atoms with Crippen molar-refractivity contribution in [3.63, 3.8) is 0 Å². The summed E-state index contributed by atoms with van der Waals surface area (Å²) >= 11 is 0. The van der Waals surface area contributed by atoms with Crippen molar-refractivity contribution in [3.8, 4) is 0 Å². The predicted molar refractivity (Wildman–Crippen MR) is 101 cm³/mol. The van der Waals surface area contributed by atoms with E-state index in [1.54, 1.807) is 4.90 Å². The van der Waals surface area contributed by atoms with Crippen molar-refractivity contribution in [2.75, 3.05) is 19.7 Å². The number of esters is 1. The van der Waals surface area contributed by atoms with Crippen molar-refractivity contribution in [2.45, 2.75) is 33.1 Å². The lowest BCUT2D eigenvalue weighted by atomic mass is 9.74. The molecule has 0 spiro atoms. The molecule has 3 rings (SSSR count). The van der Waals surface area contributed by atoms with E-state index in [2.05, 4.69) is 9.97 Å². The zero-order valence-electron chi connectivity index (χ0n) is 15.9. The van der Waals surface area contributed by atoms with Crippen LogP contribution in [-0.4, -0.2) is 46.4 Å². The molecule has 142 valence electrons. The fourth-order valence-corrected chi connectivity index (χ4v) is 3.72. The van der Waals surface area contributed by atoms with Crippen molar-refractivity contribution in [1.82, 2.24) is 14.9 Å². The molecule has 0 radical (unpaired) electrons. The third-order valence-electron chi connectivity index (χ3n) is 5.14. The number of hydrogen-bond donors (Lipinski definition) is 0. The summed E-state index contributed by atoms with van der Waals surface area (Å²) in [4.78, 5) is 35.6. The van der Waals surface area contributed by atoms with Gasteiger partial charge in [-0.25, -0.2) is 4.98 Å². The van der Waals surface area contributed by atoms with Crippen LogP contribution in [0.1, 0.15) is 41.4 Å². The second-order valence-electron chi connectivity index (χ2n) is 7.02. The minimum atomic E-state index is -0.738. The molecule has 2 heterocycles. The molecule has 1 aromatic heterocycles. The molecular formula is C21H25N3O3. The fourth-order valence-electron chi connectivity index (χ4n) is 3.72. The Bertz CT molecular complexity index is 809. The Morgan fingerprint density at radius 3 is 2.78 bits per heavy atom. The number of nitrogens with zero attached hydrogens (tertiary/aromatic N) is 3. The molecule has 2 aromatic rings. The Balaban J connectivity index is 1.89. The van der Waals surface area contributed by atoms with Gasteiger partial charge in [0.25, 0.3) is 5.91 Å². The highest BCUT2D eigenvalue weighted by Gasteiger charge is 2.45. The first-order chi connectivity index (χ1) is 13.1. The first-order valence-corrected chi connectivity index (χ1v) is 9.33. The van der Waals surface area contributed by atoms with Crippen LogP contribution in [0.4, 0.5) is 0 Å². The number of benzene rings is 1. The molecule has 0 N–H and O–H groups in total. The number of ether oxygens (including phenoxy) is 1. The Morgan fingerprint density at radius 1 is 1.26 bits per heavy atom. The summed E-state index contributed by atoms with van der Waals surface area (Å²) in [6.45, 7) is 5.11.